The number of amides is 1. The normalized spacial score (nSPS) is 17.5. The zero-order valence-electron chi connectivity index (χ0n) is 13.1. The van der Waals surface area contributed by atoms with Crippen LogP contribution in [-0.2, 0) is 6.42 Å². The van der Waals surface area contributed by atoms with Crippen LogP contribution >= 0.6 is 0 Å². The number of nitrogens with zero attached hydrogens (tertiary/aromatic N) is 3. The van der Waals surface area contributed by atoms with E-state index in [4.69, 9.17) is 0 Å². The van der Waals surface area contributed by atoms with Crippen molar-refractivity contribution in [1.29, 1.82) is 0 Å². The maximum absolute atomic E-state index is 12.7. The summed E-state index contributed by atoms with van der Waals surface area (Å²) < 4.78 is 0. The van der Waals surface area contributed by atoms with E-state index in [1.54, 1.807) is 24.3 Å². The van der Waals surface area contributed by atoms with Crippen LogP contribution in [0.2, 0.25) is 0 Å². The number of carbonyl (C=O) groups excluding carboxylic acids is 1. The van der Waals surface area contributed by atoms with Gasteiger partial charge in [0.2, 0.25) is 0 Å². The molecule has 3 aromatic rings. The van der Waals surface area contributed by atoms with E-state index in [1.165, 1.54) is 0 Å². The summed E-state index contributed by atoms with van der Waals surface area (Å²) in [5.74, 6) is 0.754. The van der Waals surface area contributed by atoms with Gasteiger partial charge in [0.25, 0.3) is 5.91 Å². The van der Waals surface area contributed by atoms with Gasteiger partial charge in [-0.25, -0.2) is 0 Å². The third-order valence-corrected chi connectivity index (χ3v) is 4.57. The fourth-order valence-electron chi connectivity index (χ4n) is 3.36. The van der Waals surface area contributed by atoms with Crippen molar-refractivity contribution in [2.45, 2.75) is 12.8 Å². The van der Waals surface area contributed by atoms with E-state index < -0.39 is 0 Å². The number of hydrogen-bond donors (Lipinski definition) is 2. The highest BCUT2D eigenvalue weighted by Crippen LogP contribution is 2.24. The largest absolute Gasteiger partial charge is 0.508 e. The number of fused-ring (bicyclic) bond motifs is 1. The lowest BCUT2D eigenvalue weighted by atomic mass is 9.98. The van der Waals surface area contributed by atoms with Crippen molar-refractivity contribution < 1.29 is 9.90 Å². The Morgan fingerprint density at radius 3 is 2.96 bits per heavy atom. The first-order valence-corrected chi connectivity index (χ1v) is 8.07. The predicted molar refractivity (Wildman–Crippen MR) is 89.7 cm³/mol. The minimum atomic E-state index is 0.0401. The summed E-state index contributed by atoms with van der Waals surface area (Å²) in [5.41, 5.74) is 3.22. The van der Waals surface area contributed by atoms with Gasteiger partial charge in [0.05, 0.1) is 0 Å². The molecular weight excluding hydrogens is 304 g/mol. The standard InChI is InChI=1S/C18H18N4O2/c23-15-3-1-2-12(9-15)8-13-6-7-22(11-13)18(24)14-4-5-16-17(10-14)20-21-19-16/h1-5,9-10,13,23H,6-8,11H2,(H,19,20,21). The van der Waals surface area contributed by atoms with E-state index in [0.717, 1.165) is 37.0 Å². The molecule has 1 fully saturated rings. The first kappa shape index (κ1) is 14.7. The lowest BCUT2D eigenvalue weighted by Crippen LogP contribution is -2.28. The molecule has 2 N–H and O–H groups in total. The molecule has 4 rings (SSSR count). The molecule has 1 aliphatic heterocycles. The lowest BCUT2D eigenvalue weighted by Gasteiger charge is -2.16. The van der Waals surface area contributed by atoms with Crippen LogP contribution in [0.25, 0.3) is 11.0 Å². The summed E-state index contributed by atoms with van der Waals surface area (Å²) in [6, 6.07) is 12.7. The number of rotatable bonds is 3. The maximum Gasteiger partial charge on any atom is 0.253 e. The average molecular weight is 322 g/mol. The van der Waals surface area contributed by atoms with Crippen molar-refractivity contribution in [2.75, 3.05) is 13.1 Å². The number of aromatic nitrogens is 3. The van der Waals surface area contributed by atoms with Gasteiger partial charge in [0, 0.05) is 18.7 Å². The monoisotopic (exact) mass is 322 g/mol. The molecule has 2 heterocycles. The van der Waals surface area contributed by atoms with E-state index in [-0.39, 0.29) is 5.91 Å². The SMILES string of the molecule is O=C(c1ccc2n[nH]nc2c1)N1CCC(Cc2cccc(O)c2)C1. The Labute approximate surface area is 139 Å². The van der Waals surface area contributed by atoms with Gasteiger partial charge in [-0.3, -0.25) is 4.79 Å². The molecule has 0 spiro atoms. The highest BCUT2D eigenvalue weighted by atomic mass is 16.3. The van der Waals surface area contributed by atoms with E-state index in [1.807, 2.05) is 23.1 Å². The zero-order valence-corrected chi connectivity index (χ0v) is 13.1. The van der Waals surface area contributed by atoms with Gasteiger partial charge >= 0.3 is 0 Å². The molecule has 0 bridgehead atoms. The van der Waals surface area contributed by atoms with Gasteiger partial charge in [-0.15, -0.1) is 0 Å². The van der Waals surface area contributed by atoms with Gasteiger partial charge in [0.1, 0.15) is 16.8 Å². The highest BCUT2D eigenvalue weighted by Gasteiger charge is 2.27. The van der Waals surface area contributed by atoms with Crippen LogP contribution in [-0.4, -0.2) is 44.4 Å². The second kappa shape index (κ2) is 5.96. The molecule has 0 aliphatic carbocycles. The summed E-state index contributed by atoms with van der Waals surface area (Å²) in [4.78, 5) is 14.6. The number of likely N-dealkylation sites (tertiary alicyclic amines) is 1. The molecule has 1 saturated heterocycles. The zero-order chi connectivity index (χ0) is 16.5. The highest BCUT2D eigenvalue weighted by molar-refractivity contribution is 5.97. The summed E-state index contributed by atoms with van der Waals surface area (Å²) in [7, 11) is 0. The van der Waals surface area contributed by atoms with Crippen LogP contribution in [0.15, 0.2) is 42.5 Å². The Hall–Kier alpha value is -2.89. The molecule has 1 aliphatic rings. The Morgan fingerprint density at radius 1 is 1.21 bits per heavy atom. The van der Waals surface area contributed by atoms with E-state index in [9.17, 15) is 9.90 Å². The first-order valence-electron chi connectivity index (χ1n) is 8.07. The Bertz CT molecular complexity index is 889. The van der Waals surface area contributed by atoms with Crippen LogP contribution in [0.1, 0.15) is 22.3 Å². The van der Waals surface area contributed by atoms with E-state index in [2.05, 4.69) is 15.4 Å². The van der Waals surface area contributed by atoms with Crippen molar-refractivity contribution in [2.24, 2.45) is 5.92 Å². The van der Waals surface area contributed by atoms with Crippen LogP contribution in [0.3, 0.4) is 0 Å². The molecular formula is C18H18N4O2. The summed E-state index contributed by atoms with van der Waals surface area (Å²) >= 11 is 0. The first-order chi connectivity index (χ1) is 11.7. The molecule has 6 heteroatoms. The van der Waals surface area contributed by atoms with Gasteiger partial charge in [0.15, 0.2) is 0 Å². The average Bonchev–Trinajstić information content (AvgIpc) is 3.22. The Balaban J connectivity index is 1.44. The molecule has 6 nitrogen and oxygen atoms in total. The number of carbonyl (C=O) groups is 1. The van der Waals surface area contributed by atoms with Crippen LogP contribution in [0, 0.1) is 5.92 Å². The molecule has 2 aromatic carbocycles. The Morgan fingerprint density at radius 2 is 2.08 bits per heavy atom. The third-order valence-electron chi connectivity index (χ3n) is 4.57. The molecule has 122 valence electrons. The van der Waals surface area contributed by atoms with Crippen LogP contribution < -0.4 is 0 Å². The number of H-pyrrole nitrogens is 1. The van der Waals surface area contributed by atoms with Crippen molar-refractivity contribution in [1.82, 2.24) is 20.3 Å². The molecule has 1 atom stereocenters. The van der Waals surface area contributed by atoms with Crippen molar-refractivity contribution >= 4 is 16.9 Å². The molecule has 0 radical (unpaired) electrons. The summed E-state index contributed by atoms with van der Waals surface area (Å²) in [6.07, 6.45) is 1.86. The molecule has 1 unspecified atom stereocenters. The second-order valence-corrected chi connectivity index (χ2v) is 6.31. The van der Waals surface area contributed by atoms with Gasteiger partial charge in [-0.1, -0.05) is 12.1 Å². The van der Waals surface area contributed by atoms with Gasteiger partial charge < -0.3 is 10.0 Å². The number of phenolic OH excluding ortho intramolecular Hbond substituents is 1. The predicted octanol–water partition coefficient (Wildman–Crippen LogP) is 2.37. The molecule has 0 saturated carbocycles. The number of benzene rings is 2. The van der Waals surface area contributed by atoms with Crippen molar-refractivity contribution in [3.05, 3.63) is 53.6 Å². The topological polar surface area (TPSA) is 82.1 Å². The second-order valence-electron chi connectivity index (χ2n) is 6.31. The molecule has 1 amide bonds. The number of hydrogen-bond acceptors (Lipinski definition) is 4. The van der Waals surface area contributed by atoms with Crippen molar-refractivity contribution in [3.63, 3.8) is 0 Å². The van der Waals surface area contributed by atoms with Gasteiger partial charge in [-0.2, -0.15) is 15.4 Å². The lowest BCUT2D eigenvalue weighted by molar-refractivity contribution is 0.0787. The van der Waals surface area contributed by atoms with Crippen LogP contribution in [0.4, 0.5) is 0 Å². The molecule has 1 aromatic heterocycles. The summed E-state index contributed by atoms with van der Waals surface area (Å²) in [5, 5.41) is 20.2. The maximum atomic E-state index is 12.7. The van der Waals surface area contributed by atoms with E-state index in [0.29, 0.717) is 22.7 Å². The molecule has 24 heavy (non-hydrogen) atoms. The minimum absolute atomic E-state index is 0.0401. The summed E-state index contributed by atoms with van der Waals surface area (Å²) in [6.45, 7) is 1.50. The number of aromatic hydroxyl groups is 1. The van der Waals surface area contributed by atoms with Crippen LogP contribution in [0.5, 0.6) is 5.75 Å². The van der Waals surface area contributed by atoms with E-state index >= 15 is 0 Å². The Kier molecular flexibility index (Phi) is 3.65. The quantitative estimate of drug-likeness (QED) is 0.775. The van der Waals surface area contributed by atoms with Gasteiger partial charge in [-0.05, 0) is 54.7 Å². The minimum Gasteiger partial charge on any atom is -0.508 e. The number of phenols is 1. The fourth-order valence-corrected chi connectivity index (χ4v) is 3.36. The number of nitrogens with one attached hydrogen (secondary N) is 1. The smallest absolute Gasteiger partial charge is 0.253 e. The van der Waals surface area contributed by atoms with Crippen molar-refractivity contribution in [3.8, 4) is 5.75 Å². The number of aromatic amines is 1. The fraction of sp³-hybridized carbons (Fsp3) is 0.278. The third kappa shape index (κ3) is 2.82.